The molecule has 2 rings (SSSR count). The Kier molecular flexibility index (Phi) is 3.49. The zero-order chi connectivity index (χ0) is 11.5. The van der Waals surface area contributed by atoms with Gasteiger partial charge in [-0.1, -0.05) is 36.9 Å². The highest BCUT2D eigenvalue weighted by molar-refractivity contribution is 14.1. The van der Waals surface area contributed by atoms with Crippen molar-refractivity contribution < 1.29 is 0 Å². The largest absolute Gasteiger partial charge is 0.344 e. The van der Waals surface area contributed by atoms with Gasteiger partial charge in [0.1, 0.15) is 0 Å². The maximum Gasteiger partial charge on any atom is 0.0579 e. The van der Waals surface area contributed by atoms with E-state index in [-0.39, 0.29) is 0 Å². The van der Waals surface area contributed by atoms with Gasteiger partial charge in [0, 0.05) is 16.3 Å². The Balaban J connectivity index is 2.57. The number of halogens is 1. The van der Waals surface area contributed by atoms with E-state index in [2.05, 4.69) is 71.5 Å². The second-order valence-electron chi connectivity index (χ2n) is 3.79. The number of anilines is 1. The lowest BCUT2D eigenvalue weighted by atomic mass is 10.1. The molecule has 0 bridgehead atoms. The molecule has 0 spiro atoms. The Morgan fingerprint density at radius 3 is 2.94 bits per heavy atom. The van der Waals surface area contributed by atoms with Crippen molar-refractivity contribution >= 4 is 28.3 Å². The molecule has 0 unspecified atom stereocenters. The molecule has 1 heterocycles. The highest BCUT2D eigenvalue weighted by atomic mass is 127. The fraction of sp³-hybridized carbons (Fsp3) is 0.143. The molecule has 1 aliphatic heterocycles. The lowest BCUT2D eigenvalue weighted by molar-refractivity contribution is 1.10. The van der Waals surface area contributed by atoms with Crippen molar-refractivity contribution in [2.75, 3.05) is 11.9 Å². The molecule has 82 valence electrons. The molecule has 1 aliphatic rings. The van der Waals surface area contributed by atoms with Crippen LogP contribution >= 0.6 is 22.6 Å². The van der Waals surface area contributed by atoms with Gasteiger partial charge in [-0.3, -0.25) is 0 Å². The van der Waals surface area contributed by atoms with Gasteiger partial charge in [0.05, 0.1) is 5.69 Å². The van der Waals surface area contributed by atoms with Crippen molar-refractivity contribution in [2.24, 2.45) is 0 Å². The maximum atomic E-state index is 4.08. The van der Waals surface area contributed by atoms with E-state index >= 15 is 0 Å². The molecule has 0 atom stereocenters. The van der Waals surface area contributed by atoms with Crippen LogP contribution in [0, 0.1) is 3.57 Å². The lowest BCUT2D eigenvalue weighted by Crippen LogP contribution is -2.17. The topological polar surface area (TPSA) is 3.24 Å². The number of para-hydroxylation sites is 1. The summed E-state index contributed by atoms with van der Waals surface area (Å²) in [7, 11) is 2.07. The van der Waals surface area contributed by atoms with E-state index in [9.17, 15) is 0 Å². The van der Waals surface area contributed by atoms with Crippen LogP contribution in [0.15, 0.2) is 54.8 Å². The third-order valence-electron chi connectivity index (χ3n) is 2.71. The SMILES string of the molecule is C=C1/C=C\C=C/Cc2cccc(I)c2N1C. The Bertz CT molecular complexity index is 472. The number of fused-ring (bicyclic) bond motifs is 1. The first-order chi connectivity index (χ1) is 7.70. The van der Waals surface area contributed by atoms with Crippen LogP contribution < -0.4 is 4.90 Å². The van der Waals surface area contributed by atoms with Gasteiger partial charge < -0.3 is 4.90 Å². The molecule has 0 amide bonds. The van der Waals surface area contributed by atoms with Crippen LogP contribution in [-0.4, -0.2) is 7.05 Å². The molecule has 0 aliphatic carbocycles. The van der Waals surface area contributed by atoms with Crippen molar-refractivity contribution in [1.82, 2.24) is 0 Å². The van der Waals surface area contributed by atoms with Crippen LogP contribution in [0.1, 0.15) is 5.56 Å². The summed E-state index contributed by atoms with van der Waals surface area (Å²) >= 11 is 2.38. The Morgan fingerprint density at radius 2 is 2.12 bits per heavy atom. The molecule has 0 N–H and O–H groups in total. The standard InChI is InChI=1S/C14H14IN/c1-11-7-4-3-5-8-12-9-6-10-13(15)14(12)16(11)2/h3-7,9-10H,1,8H2,2H3/b5-3-,7-4-. The summed E-state index contributed by atoms with van der Waals surface area (Å²) in [5.41, 5.74) is 3.62. The highest BCUT2D eigenvalue weighted by Gasteiger charge is 2.12. The first-order valence-electron chi connectivity index (χ1n) is 5.23. The molecule has 1 aromatic rings. The lowest BCUT2D eigenvalue weighted by Gasteiger charge is -2.23. The smallest absolute Gasteiger partial charge is 0.0579 e. The summed E-state index contributed by atoms with van der Waals surface area (Å²) in [5.74, 6) is 0. The van der Waals surface area contributed by atoms with Crippen molar-refractivity contribution in [3.8, 4) is 0 Å². The zero-order valence-corrected chi connectivity index (χ0v) is 11.4. The fourth-order valence-electron chi connectivity index (χ4n) is 1.80. The third-order valence-corrected chi connectivity index (χ3v) is 3.58. The van der Waals surface area contributed by atoms with E-state index in [0.29, 0.717) is 0 Å². The highest BCUT2D eigenvalue weighted by Crippen LogP contribution is 2.29. The van der Waals surface area contributed by atoms with Crippen LogP contribution in [0.5, 0.6) is 0 Å². The second kappa shape index (κ2) is 4.87. The fourth-order valence-corrected chi connectivity index (χ4v) is 2.71. The Labute approximate surface area is 110 Å². The number of rotatable bonds is 0. The van der Waals surface area contributed by atoms with Crippen LogP contribution in [0.2, 0.25) is 0 Å². The molecular weight excluding hydrogens is 309 g/mol. The molecule has 0 saturated carbocycles. The number of nitrogens with zero attached hydrogens (tertiary/aromatic N) is 1. The molecule has 0 saturated heterocycles. The second-order valence-corrected chi connectivity index (χ2v) is 4.95. The van der Waals surface area contributed by atoms with Gasteiger partial charge in [-0.15, -0.1) is 0 Å². The average Bonchev–Trinajstić information content (AvgIpc) is 2.33. The number of hydrogen-bond acceptors (Lipinski definition) is 1. The predicted octanol–water partition coefficient (Wildman–Crippen LogP) is 3.91. The van der Waals surface area contributed by atoms with Gasteiger partial charge in [-0.25, -0.2) is 0 Å². The van der Waals surface area contributed by atoms with Crippen LogP contribution in [-0.2, 0) is 6.42 Å². The average molecular weight is 323 g/mol. The third kappa shape index (κ3) is 2.21. The number of allylic oxidation sites excluding steroid dienone is 4. The zero-order valence-electron chi connectivity index (χ0n) is 9.28. The Morgan fingerprint density at radius 1 is 1.31 bits per heavy atom. The summed E-state index contributed by atoms with van der Waals surface area (Å²) in [6.07, 6.45) is 9.30. The summed E-state index contributed by atoms with van der Waals surface area (Å²) in [5, 5.41) is 0. The predicted molar refractivity (Wildman–Crippen MR) is 78.7 cm³/mol. The van der Waals surface area contributed by atoms with Gasteiger partial charge in [0.2, 0.25) is 0 Å². The molecule has 1 nitrogen and oxygen atoms in total. The van der Waals surface area contributed by atoms with E-state index in [1.165, 1.54) is 14.8 Å². The van der Waals surface area contributed by atoms with Crippen LogP contribution in [0.3, 0.4) is 0 Å². The van der Waals surface area contributed by atoms with E-state index in [1.807, 2.05) is 12.2 Å². The summed E-state index contributed by atoms with van der Waals surface area (Å²) in [6, 6.07) is 6.42. The molecule has 0 aromatic heterocycles. The van der Waals surface area contributed by atoms with Gasteiger partial charge in [0.15, 0.2) is 0 Å². The van der Waals surface area contributed by atoms with Crippen molar-refractivity contribution in [3.05, 3.63) is 63.9 Å². The van der Waals surface area contributed by atoms with E-state index in [1.54, 1.807) is 0 Å². The van der Waals surface area contributed by atoms with Crippen LogP contribution in [0.4, 0.5) is 5.69 Å². The minimum absolute atomic E-state index is 0.966. The van der Waals surface area contributed by atoms with Crippen LogP contribution in [0.25, 0.3) is 0 Å². The quantitative estimate of drug-likeness (QED) is 0.655. The Hall–Kier alpha value is -1.03. The first-order valence-corrected chi connectivity index (χ1v) is 6.31. The molecule has 0 fully saturated rings. The number of hydrogen-bond donors (Lipinski definition) is 0. The number of benzene rings is 1. The molecular formula is C14H14IN. The van der Waals surface area contributed by atoms with Crippen molar-refractivity contribution in [2.45, 2.75) is 6.42 Å². The van der Waals surface area contributed by atoms with E-state index in [0.717, 1.165) is 12.1 Å². The van der Waals surface area contributed by atoms with Gasteiger partial charge >= 0.3 is 0 Å². The maximum absolute atomic E-state index is 4.08. The van der Waals surface area contributed by atoms with Gasteiger partial charge in [-0.2, -0.15) is 0 Å². The minimum atomic E-state index is 0.966. The molecule has 0 radical (unpaired) electrons. The minimum Gasteiger partial charge on any atom is -0.344 e. The van der Waals surface area contributed by atoms with Gasteiger partial charge in [-0.05, 0) is 46.7 Å². The van der Waals surface area contributed by atoms with E-state index in [4.69, 9.17) is 0 Å². The van der Waals surface area contributed by atoms with Crippen molar-refractivity contribution in [3.63, 3.8) is 0 Å². The number of likely N-dealkylation sites (N-methyl/N-ethyl adjacent to an activating group) is 1. The molecule has 16 heavy (non-hydrogen) atoms. The first kappa shape index (κ1) is 11.5. The van der Waals surface area contributed by atoms with Crippen molar-refractivity contribution in [1.29, 1.82) is 0 Å². The molecule has 2 heteroatoms. The summed E-state index contributed by atoms with van der Waals surface area (Å²) in [6.45, 7) is 4.08. The normalized spacial score (nSPS) is 19.4. The summed E-state index contributed by atoms with van der Waals surface area (Å²) in [4.78, 5) is 2.15. The monoisotopic (exact) mass is 323 g/mol. The van der Waals surface area contributed by atoms with E-state index < -0.39 is 0 Å². The van der Waals surface area contributed by atoms with Gasteiger partial charge in [0.25, 0.3) is 0 Å². The summed E-state index contributed by atoms with van der Waals surface area (Å²) < 4.78 is 1.27. The molecule has 1 aromatic carbocycles.